The molecule has 114 heavy (non-hydrogen) atoms. The number of pyridine rings is 2. The van der Waals surface area contributed by atoms with E-state index >= 15 is 19.2 Å². The van der Waals surface area contributed by atoms with Gasteiger partial charge in [-0.25, -0.2) is 0 Å². The highest BCUT2D eigenvalue weighted by Crippen LogP contribution is 2.41. The maximum atomic E-state index is 16.6. The van der Waals surface area contributed by atoms with Gasteiger partial charge >= 0.3 is 0 Å². The molecule has 10 heteroatoms. The number of rotatable bonds is 65. The summed E-state index contributed by atoms with van der Waals surface area (Å²) < 4.78 is 3.97. The molecule has 8 nitrogen and oxygen atoms in total. The van der Waals surface area contributed by atoms with Crippen molar-refractivity contribution in [2.24, 2.45) is 11.8 Å². The Balaban J connectivity index is 1.17. The minimum absolute atomic E-state index is 0.0553. The minimum atomic E-state index is -0.110. The quantitative estimate of drug-likeness (QED) is 0.0356. The van der Waals surface area contributed by atoms with Gasteiger partial charge in [0.15, 0.2) is 0 Å². The highest BCUT2D eigenvalue weighted by atomic mass is 32.1. The summed E-state index contributed by atoms with van der Waals surface area (Å²) in [7, 11) is 0. The van der Waals surface area contributed by atoms with Gasteiger partial charge in [0.2, 0.25) is 0 Å². The SMILES string of the molecule is CCCCCCCCCCCCC(CCCCCCCCCC)CN1C(=O)C(c2ccc(-c3ccc4c(CCCCCCCCC)c5c(=O)n6c(C(C)C)ccc6c(CCCCCCCCC)c5c(=O)n34)s2)=c2cc3c(cc21)=C(c1ccc(C(C)C)s1)C(=O)N3CC(CCCCCCCCCC)CCCCCCCCCCCC. The first-order chi connectivity index (χ1) is 55.8. The number of nitrogens with zero attached hydrogens (tertiary/aromatic N) is 4. The summed E-state index contributed by atoms with van der Waals surface area (Å²) in [6.45, 7) is 24.0. The van der Waals surface area contributed by atoms with E-state index in [1.54, 1.807) is 22.7 Å². The normalized spacial score (nSPS) is 13.8. The zero-order chi connectivity index (χ0) is 80.8. The fourth-order valence-electron chi connectivity index (χ4n) is 19.3. The average molecular weight is 1590 g/mol. The average Bonchev–Trinajstić information content (AvgIpc) is 1.48. The summed E-state index contributed by atoms with van der Waals surface area (Å²) in [5, 5.41) is 3.14. The summed E-state index contributed by atoms with van der Waals surface area (Å²) in [6, 6.07) is 22.0. The number of aryl methyl sites for hydroxylation is 2. The lowest BCUT2D eigenvalue weighted by Gasteiger charge is -2.27. The lowest BCUT2D eigenvalue weighted by atomic mass is 9.93. The molecule has 8 heterocycles. The Morgan fingerprint density at radius 2 is 0.614 bits per heavy atom. The van der Waals surface area contributed by atoms with E-state index in [1.807, 2.05) is 8.80 Å². The van der Waals surface area contributed by atoms with E-state index in [-0.39, 0.29) is 28.9 Å². The van der Waals surface area contributed by atoms with Gasteiger partial charge in [0.05, 0.1) is 54.9 Å². The Morgan fingerprint density at radius 1 is 0.307 bits per heavy atom. The van der Waals surface area contributed by atoms with Gasteiger partial charge in [-0.3, -0.25) is 28.0 Å². The van der Waals surface area contributed by atoms with E-state index in [2.05, 4.69) is 140 Å². The van der Waals surface area contributed by atoms with Crippen LogP contribution in [0.5, 0.6) is 0 Å². The van der Waals surface area contributed by atoms with Crippen molar-refractivity contribution >= 4 is 78.8 Å². The Hall–Kier alpha value is -5.32. The second-order valence-electron chi connectivity index (χ2n) is 36.3. The molecule has 6 aromatic heterocycles. The van der Waals surface area contributed by atoms with E-state index in [0.717, 1.165) is 146 Å². The van der Waals surface area contributed by atoms with E-state index in [1.165, 1.54) is 294 Å². The van der Waals surface area contributed by atoms with Gasteiger partial charge in [-0.05, 0) is 147 Å². The molecule has 7 aromatic rings. The number of anilines is 2. The Bertz CT molecular complexity index is 4220. The van der Waals surface area contributed by atoms with Crippen molar-refractivity contribution in [3.63, 3.8) is 0 Å². The first-order valence-corrected chi connectivity index (χ1v) is 50.2. The Labute approximate surface area is 701 Å². The molecule has 0 radical (unpaired) electrons. The predicted octanol–water partition coefficient (Wildman–Crippen LogP) is 30.1. The van der Waals surface area contributed by atoms with Crippen molar-refractivity contribution < 1.29 is 9.59 Å². The van der Waals surface area contributed by atoms with Crippen LogP contribution in [0.2, 0.25) is 0 Å². The number of aromatic nitrogens is 2. The summed E-state index contributed by atoms with van der Waals surface area (Å²) in [5.74, 6) is 1.33. The minimum Gasteiger partial charge on any atom is -0.307 e. The second kappa shape index (κ2) is 51.2. The van der Waals surface area contributed by atoms with E-state index in [0.29, 0.717) is 47.2 Å². The first kappa shape index (κ1) is 92.6. The Morgan fingerprint density at radius 3 is 0.965 bits per heavy atom. The molecule has 2 aliphatic rings. The van der Waals surface area contributed by atoms with Gasteiger partial charge in [-0.1, -0.05) is 377 Å². The van der Waals surface area contributed by atoms with Crippen LogP contribution in [-0.4, -0.2) is 33.7 Å². The smallest absolute Gasteiger partial charge is 0.264 e. The van der Waals surface area contributed by atoms with Crippen molar-refractivity contribution in [1.82, 2.24) is 8.80 Å². The molecular formula is C104H160N4O4S2. The highest BCUT2D eigenvalue weighted by molar-refractivity contribution is 7.17. The van der Waals surface area contributed by atoms with Crippen LogP contribution in [0.15, 0.2) is 70.3 Å². The molecule has 9 rings (SSSR count). The molecule has 0 spiro atoms. The number of hydrogen-bond acceptors (Lipinski definition) is 6. The molecule has 2 atom stereocenters. The van der Waals surface area contributed by atoms with Crippen LogP contribution in [-0.2, 0) is 22.4 Å². The van der Waals surface area contributed by atoms with Gasteiger partial charge < -0.3 is 9.80 Å². The van der Waals surface area contributed by atoms with Crippen LogP contribution < -0.4 is 31.4 Å². The van der Waals surface area contributed by atoms with Crippen LogP contribution >= 0.6 is 22.7 Å². The van der Waals surface area contributed by atoms with E-state index in [4.69, 9.17) is 0 Å². The fraction of sp³-hybridized carbons (Fsp3) is 0.692. The van der Waals surface area contributed by atoms with Crippen LogP contribution in [0, 0.1) is 11.8 Å². The summed E-state index contributed by atoms with van der Waals surface area (Å²) in [5.41, 5.74) is 8.80. The van der Waals surface area contributed by atoms with Gasteiger partial charge in [0.1, 0.15) is 0 Å². The fourth-order valence-corrected chi connectivity index (χ4v) is 21.4. The summed E-state index contributed by atoms with van der Waals surface area (Å²) in [6.07, 6.45) is 68.8. The van der Waals surface area contributed by atoms with Crippen LogP contribution in [0.3, 0.4) is 0 Å². The molecule has 2 unspecified atom stereocenters. The van der Waals surface area contributed by atoms with Gasteiger partial charge in [-0.2, -0.15) is 0 Å². The zero-order valence-corrected chi connectivity index (χ0v) is 76.0. The third-order valence-corrected chi connectivity index (χ3v) is 28.7. The van der Waals surface area contributed by atoms with Crippen LogP contribution in [0.4, 0.5) is 11.4 Å². The van der Waals surface area contributed by atoms with Gasteiger partial charge in [0, 0.05) is 43.9 Å². The van der Waals surface area contributed by atoms with E-state index < -0.39 is 0 Å². The number of hydrogen-bond donors (Lipinski definition) is 0. The van der Waals surface area contributed by atoms with Crippen molar-refractivity contribution in [1.29, 1.82) is 0 Å². The van der Waals surface area contributed by atoms with E-state index in [9.17, 15) is 0 Å². The topological polar surface area (TPSA) is 83.6 Å². The number of amides is 2. The summed E-state index contributed by atoms with van der Waals surface area (Å²) in [4.78, 5) is 73.3. The molecule has 0 bridgehead atoms. The monoisotopic (exact) mass is 1590 g/mol. The molecule has 0 aliphatic carbocycles. The standard InChI is InChI=1S/C104H160N4O4S2/c1-11-17-23-29-35-39-41-47-51-57-63-81(61-55-49-45-37-31-25-19-13-3)77-105-91-76-86-92(75-85(91)97(101(105)109)95-73-71-93(113-95)80(9)10)106(78-82(62-56-50-46-38-32-26-20-14-4)64-58-52-48-42-40-36-30-24-18-12-2)102(110)98(86)96-74-72-94(114-96)90-70-69-89-84(66-60-54-44-34-28-22-16-6)99-100(104(112)108(89)90)83(65-59-53-43-33-27-21-15-5)88-68-67-87(79(7)8)107(88)103(99)111/h67-76,79-82H,11-66,77-78H2,1-10H3. The molecule has 1 aromatic carbocycles. The first-order valence-electron chi connectivity index (χ1n) is 48.6. The van der Waals surface area contributed by atoms with Crippen molar-refractivity contribution in [3.8, 4) is 10.6 Å². The molecule has 0 saturated carbocycles. The van der Waals surface area contributed by atoms with Crippen molar-refractivity contribution in [2.45, 2.75) is 441 Å². The molecule has 0 saturated heterocycles. The molecule has 632 valence electrons. The molecule has 0 N–H and O–H groups in total. The predicted molar refractivity (Wildman–Crippen MR) is 499 cm³/mol. The van der Waals surface area contributed by atoms with Crippen molar-refractivity contribution in [3.05, 3.63) is 123 Å². The molecule has 2 amide bonds. The maximum Gasteiger partial charge on any atom is 0.264 e. The number of benzene rings is 1. The largest absolute Gasteiger partial charge is 0.307 e. The lowest BCUT2D eigenvalue weighted by molar-refractivity contribution is -0.114. The molecule has 2 aliphatic heterocycles. The molecule has 0 fully saturated rings. The molecular weight excluding hydrogens is 1430 g/mol. The highest BCUT2D eigenvalue weighted by Gasteiger charge is 2.39. The third-order valence-electron chi connectivity index (χ3n) is 26.2. The third kappa shape index (κ3) is 26.3. The maximum absolute atomic E-state index is 16.6. The number of carbonyl (C=O) groups excluding carboxylic acids is 2. The van der Waals surface area contributed by atoms with Gasteiger partial charge in [-0.15, -0.1) is 22.7 Å². The summed E-state index contributed by atoms with van der Waals surface area (Å²) >= 11 is 3.41. The number of fused-ring (bicyclic) bond motifs is 5. The lowest BCUT2D eigenvalue weighted by Crippen LogP contribution is -2.35. The van der Waals surface area contributed by atoms with Gasteiger partial charge in [0.25, 0.3) is 22.9 Å². The van der Waals surface area contributed by atoms with Crippen LogP contribution in [0.25, 0.3) is 43.5 Å². The number of unbranched alkanes of at least 4 members (excludes halogenated alkanes) is 44. The number of carbonyl (C=O) groups is 2. The number of thiophene rings is 2. The van der Waals surface area contributed by atoms with Crippen LogP contribution in [0.1, 0.15) is 459 Å². The zero-order valence-electron chi connectivity index (χ0n) is 74.3. The second-order valence-corrected chi connectivity index (χ2v) is 38.5. The van der Waals surface area contributed by atoms with Crippen molar-refractivity contribution in [2.75, 3.05) is 22.9 Å². The Kier molecular flexibility index (Phi) is 41.6.